The van der Waals surface area contributed by atoms with Gasteiger partial charge < -0.3 is 24.0 Å². The van der Waals surface area contributed by atoms with Crippen LogP contribution in [-0.4, -0.2) is 103 Å². The Labute approximate surface area is 268 Å². The Morgan fingerprint density at radius 3 is 2.36 bits per heavy atom. The van der Waals surface area contributed by atoms with Crippen molar-refractivity contribution >= 4 is 44.4 Å². The first-order chi connectivity index (χ1) is 22.6. The zero-order chi connectivity index (χ0) is 33.1. The van der Waals surface area contributed by atoms with Crippen molar-refractivity contribution in [2.45, 2.75) is 18.9 Å². The molecule has 0 unspecified atom stereocenters. The molecular weight excluding hydrogens is 637 g/mol. The van der Waals surface area contributed by atoms with Gasteiger partial charge in [-0.3, -0.25) is 14.7 Å². The van der Waals surface area contributed by atoms with Gasteiger partial charge in [-0.2, -0.15) is 0 Å². The van der Waals surface area contributed by atoms with Crippen molar-refractivity contribution in [3.8, 4) is 22.9 Å². The van der Waals surface area contributed by atoms with Crippen molar-refractivity contribution in [2.24, 2.45) is 0 Å². The number of nitrogens with zero attached hydrogens (tertiary/aromatic N) is 7. The molecule has 18 heteroatoms. The lowest BCUT2D eigenvalue weighted by Gasteiger charge is -2.32. The number of fused-ring (bicyclic) bond motifs is 1. The Balaban J connectivity index is 1.33. The predicted molar refractivity (Wildman–Crippen MR) is 168 cm³/mol. The van der Waals surface area contributed by atoms with Crippen LogP contribution in [0.15, 0.2) is 36.8 Å². The lowest BCUT2D eigenvalue weighted by molar-refractivity contribution is 0.0705. The molecule has 0 aliphatic carbocycles. The molecule has 1 amide bonds. The Kier molecular flexibility index (Phi) is 9.15. The maximum Gasteiger partial charge on any atom is 0.277 e. The topological polar surface area (TPSA) is 194 Å². The monoisotopic (exact) mass is 669 g/mol. The first-order valence-electron chi connectivity index (χ1n) is 14.7. The Bertz CT molecular complexity index is 1890. The number of piperidine rings is 1. The minimum atomic E-state index is -3.68. The third kappa shape index (κ3) is 7.23. The van der Waals surface area contributed by atoms with Crippen LogP contribution >= 0.6 is 0 Å². The largest absolute Gasteiger partial charge is 0.488 e. The molecule has 6 rings (SSSR count). The Hall–Kier alpha value is -4.94. The van der Waals surface area contributed by atoms with Gasteiger partial charge in [0.25, 0.3) is 5.91 Å². The number of halogens is 1. The number of carbonyl (C=O) groups excluding carboxylic acids is 1. The average molecular weight is 670 g/mol. The van der Waals surface area contributed by atoms with Crippen LogP contribution in [-0.2, 0) is 14.8 Å². The standard InChI is InChI=1S/C29H32FN9O7S/c1-44-27-22(37-47(2,42)43)11-17(14-31-27)24-21-12-19(30)13-23(25(21)35-29(34-24)39-7-9-45-10-8-39)46-20-3-5-38(6-4-20)28-32-15-18(16-33-28)26(40)36-41/h11-16,20,37,41H,3-10H2,1-2H3,(H,36,40). The summed E-state index contributed by atoms with van der Waals surface area (Å²) in [7, 11) is -2.30. The van der Waals surface area contributed by atoms with Crippen LogP contribution in [0.4, 0.5) is 22.0 Å². The lowest BCUT2D eigenvalue weighted by Crippen LogP contribution is -2.39. The molecule has 2 fully saturated rings. The highest BCUT2D eigenvalue weighted by Gasteiger charge is 2.26. The van der Waals surface area contributed by atoms with E-state index in [0.29, 0.717) is 86.3 Å². The number of aromatic nitrogens is 5. The summed E-state index contributed by atoms with van der Waals surface area (Å²) in [6, 6.07) is 4.14. The van der Waals surface area contributed by atoms with Gasteiger partial charge in [0.15, 0.2) is 0 Å². The van der Waals surface area contributed by atoms with Crippen molar-refractivity contribution in [3.05, 3.63) is 48.2 Å². The number of methoxy groups -OCH3 is 1. The van der Waals surface area contributed by atoms with Crippen LogP contribution in [0.3, 0.4) is 0 Å². The number of hydrogen-bond acceptors (Lipinski definition) is 14. The fourth-order valence-electron chi connectivity index (χ4n) is 5.41. The molecule has 0 atom stereocenters. The molecule has 47 heavy (non-hydrogen) atoms. The lowest BCUT2D eigenvalue weighted by atomic mass is 10.1. The van der Waals surface area contributed by atoms with E-state index < -0.39 is 21.7 Å². The molecular formula is C29H32FN9O7S. The minimum absolute atomic E-state index is 0.0597. The number of amides is 1. The van der Waals surface area contributed by atoms with Crippen molar-refractivity contribution in [1.29, 1.82) is 0 Å². The van der Waals surface area contributed by atoms with Crippen LogP contribution in [0.1, 0.15) is 23.2 Å². The molecule has 1 aromatic carbocycles. The van der Waals surface area contributed by atoms with E-state index in [9.17, 15) is 13.2 Å². The second-order valence-electron chi connectivity index (χ2n) is 10.9. The third-order valence-electron chi connectivity index (χ3n) is 7.65. The fourth-order valence-corrected chi connectivity index (χ4v) is 5.95. The van der Waals surface area contributed by atoms with E-state index in [4.69, 9.17) is 29.4 Å². The van der Waals surface area contributed by atoms with Crippen molar-refractivity contribution in [2.75, 3.05) is 67.3 Å². The molecule has 3 aromatic heterocycles. The second-order valence-corrected chi connectivity index (χ2v) is 12.7. The molecule has 3 N–H and O–H groups in total. The number of sulfonamides is 1. The molecule has 16 nitrogen and oxygen atoms in total. The molecule has 248 valence electrons. The number of hydrogen-bond donors (Lipinski definition) is 3. The summed E-state index contributed by atoms with van der Waals surface area (Å²) >= 11 is 0. The highest BCUT2D eigenvalue weighted by atomic mass is 32.2. The number of ether oxygens (including phenoxy) is 3. The third-order valence-corrected chi connectivity index (χ3v) is 8.24. The van der Waals surface area contributed by atoms with E-state index in [1.165, 1.54) is 43.9 Å². The van der Waals surface area contributed by atoms with Crippen molar-refractivity contribution in [3.63, 3.8) is 0 Å². The quantitative estimate of drug-likeness (QED) is 0.173. The van der Waals surface area contributed by atoms with Crippen LogP contribution in [0.5, 0.6) is 11.6 Å². The van der Waals surface area contributed by atoms with Gasteiger partial charge >= 0.3 is 0 Å². The normalized spacial score (nSPS) is 15.8. The van der Waals surface area contributed by atoms with Crippen LogP contribution in [0.2, 0.25) is 0 Å². The molecule has 2 aliphatic rings. The fraction of sp³-hybridized carbons (Fsp3) is 0.379. The van der Waals surface area contributed by atoms with Gasteiger partial charge in [-0.05, 0) is 12.1 Å². The van der Waals surface area contributed by atoms with Gasteiger partial charge in [-0.15, -0.1) is 0 Å². The number of anilines is 3. The van der Waals surface area contributed by atoms with E-state index in [2.05, 4.69) is 19.7 Å². The van der Waals surface area contributed by atoms with Gasteiger partial charge in [-0.25, -0.2) is 43.2 Å². The maximum atomic E-state index is 15.3. The number of benzene rings is 1. The number of nitrogens with one attached hydrogen (secondary N) is 2. The van der Waals surface area contributed by atoms with E-state index in [0.717, 1.165) is 6.26 Å². The Morgan fingerprint density at radius 2 is 1.70 bits per heavy atom. The first kappa shape index (κ1) is 32.0. The van der Waals surface area contributed by atoms with Gasteiger partial charge in [0.05, 0.1) is 37.8 Å². The van der Waals surface area contributed by atoms with E-state index in [1.807, 2.05) is 9.80 Å². The zero-order valence-corrected chi connectivity index (χ0v) is 26.3. The predicted octanol–water partition coefficient (Wildman–Crippen LogP) is 2.00. The Morgan fingerprint density at radius 1 is 1.00 bits per heavy atom. The molecule has 2 aliphatic heterocycles. The number of morpholine rings is 1. The smallest absolute Gasteiger partial charge is 0.277 e. The second kappa shape index (κ2) is 13.4. The van der Waals surface area contributed by atoms with Gasteiger partial charge in [0.1, 0.15) is 28.9 Å². The van der Waals surface area contributed by atoms with Gasteiger partial charge in [0.2, 0.25) is 27.8 Å². The van der Waals surface area contributed by atoms with Crippen molar-refractivity contribution in [1.82, 2.24) is 30.4 Å². The number of pyridine rings is 1. The van der Waals surface area contributed by atoms with Crippen LogP contribution in [0.25, 0.3) is 22.2 Å². The molecule has 0 spiro atoms. The number of hydroxylamine groups is 1. The van der Waals surface area contributed by atoms with E-state index >= 15 is 4.39 Å². The molecule has 0 radical (unpaired) electrons. The maximum absolute atomic E-state index is 15.3. The first-order valence-corrected chi connectivity index (χ1v) is 16.5. The highest BCUT2D eigenvalue weighted by Crippen LogP contribution is 2.37. The van der Waals surface area contributed by atoms with E-state index in [1.54, 1.807) is 5.48 Å². The minimum Gasteiger partial charge on any atom is -0.488 e. The summed E-state index contributed by atoms with van der Waals surface area (Å²) in [5.74, 6) is -0.160. The molecule has 0 saturated carbocycles. The van der Waals surface area contributed by atoms with Gasteiger partial charge in [0, 0.05) is 74.6 Å². The highest BCUT2D eigenvalue weighted by molar-refractivity contribution is 7.92. The summed E-state index contributed by atoms with van der Waals surface area (Å²) in [5, 5.41) is 9.17. The summed E-state index contributed by atoms with van der Waals surface area (Å²) < 4.78 is 59.0. The molecule has 4 aromatic rings. The average Bonchev–Trinajstić information content (AvgIpc) is 3.07. The summed E-state index contributed by atoms with van der Waals surface area (Å²) in [6.07, 6.45) is 6.00. The summed E-state index contributed by atoms with van der Waals surface area (Å²) in [6.45, 7) is 3.12. The van der Waals surface area contributed by atoms with Gasteiger partial charge in [-0.1, -0.05) is 0 Å². The summed E-state index contributed by atoms with van der Waals surface area (Å²) in [4.78, 5) is 37.9. The zero-order valence-electron chi connectivity index (χ0n) is 25.5. The van der Waals surface area contributed by atoms with Crippen LogP contribution in [0, 0.1) is 5.82 Å². The molecule has 2 saturated heterocycles. The molecule has 5 heterocycles. The van der Waals surface area contributed by atoms with Crippen molar-refractivity contribution < 1.29 is 37.0 Å². The summed E-state index contributed by atoms with van der Waals surface area (Å²) in [5.41, 5.74) is 2.90. The van der Waals surface area contributed by atoms with E-state index in [-0.39, 0.29) is 29.0 Å². The number of rotatable bonds is 9. The van der Waals surface area contributed by atoms with Crippen LogP contribution < -0.4 is 29.5 Å². The molecule has 0 bridgehead atoms. The SMILES string of the molecule is COc1ncc(-c2nc(N3CCOCC3)nc3c(OC4CCN(c5ncc(C(=O)NO)cn5)CC4)cc(F)cc23)cc1NS(C)(=O)=O. The number of carbonyl (C=O) groups is 1.